The molecule has 0 aromatic rings. The second-order valence-corrected chi connectivity index (χ2v) is 5.86. The summed E-state index contributed by atoms with van der Waals surface area (Å²) in [4.78, 5) is 0. The van der Waals surface area contributed by atoms with Gasteiger partial charge in [0.2, 0.25) is 0 Å². The van der Waals surface area contributed by atoms with Crippen LogP contribution in [0.3, 0.4) is 0 Å². The van der Waals surface area contributed by atoms with Crippen molar-refractivity contribution < 1.29 is 0 Å². The maximum Gasteiger partial charge on any atom is 0.00450 e. The molecule has 8 heavy (non-hydrogen) atoms. The van der Waals surface area contributed by atoms with Crippen molar-refractivity contribution in [3.05, 3.63) is 0 Å². The average molecular weight is 168 g/mol. The first-order valence-corrected chi connectivity index (χ1v) is 6.80. The van der Waals surface area contributed by atoms with Crippen LogP contribution in [0.4, 0.5) is 0 Å². The molecule has 0 aliphatic rings. The molecule has 0 heterocycles. The van der Waals surface area contributed by atoms with Gasteiger partial charge in [0.15, 0.2) is 0 Å². The van der Waals surface area contributed by atoms with Crippen molar-refractivity contribution >= 4 is 31.4 Å². The third-order valence-corrected chi connectivity index (χ3v) is 4.67. The lowest BCUT2D eigenvalue weighted by atomic mass is 10.4. The van der Waals surface area contributed by atoms with Crippen molar-refractivity contribution in [3.63, 3.8) is 0 Å². The molecule has 0 saturated carbocycles. The van der Waals surface area contributed by atoms with Gasteiger partial charge in [-0.15, -0.1) is 0 Å². The lowest BCUT2D eigenvalue weighted by Crippen LogP contribution is -1.70. The summed E-state index contributed by atoms with van der Waals surface area (Å²) in [6, 6.07) is 0. The summed E-state index contributed by atoms with van der Waals surface area (Å²) >= 11 is 0. The minimum Gasteiger partial charge on any atom is -0.0860 e. The van der Waals surface area contributed by atoms with Gasteiger partial charge in [-0.05, 0) is 22.5 Å². The van der Waals surface area contributed by atoms with Gasteiger partial charge in [0.25, 0.3) is 0 Å². The molecule has 0 aliphatic carbocycles. The first-order chi connectivity index (χ1) is 3.91. The van der Waals surface area contributed by atoms with Crippen LogP contribution in [-0.4, -0.2) is 12.0 Å². The zero-order chi connectivity index (χ0) is 6.24. The van der Waals surface area contributed by atoms with Crippen LogP contribution in [0.25, 0.3) is 0 Å². The van der Waals surface area contributed by atoms with E-state index in [9.17, 15) is 0 Å². The molecule has 0 fully saturated rings. The molecule has 0 radical (unpaired) electrons. The molecular formula is C5H12S3. The first kappa shape index (κ1) is 9.05. The largest absolute Gasteiger partial charge is 0.0860 e. The molecule has 0 N–H and O–H groups in total. The van der Waals surface area contributed by atoms with E-state index in [4.69, 9.17) is 0 Å². The molecule has 0 aromatic carbocycles. The van der Waals surface area contributed by atoms with Crippen LogP contribution < -0.4 is 0 Å². The molecule has 0 rings (SSSR count). The second-order valence-electron chi connectivity index (χ2n) is 1.41. The van der Waals surface area contributed by atoms with Gasteiger partial charge in [-0.2, -0.15) is 0 Å². The summed E-state index contributed by atoms with van der Waals surface area (Å²) < 4.78 is 0. The Labute approximate surface area is 63.4 Å². The molecule has 0 bridgehead atoms. The van der Waals surface area contributed by atoms with Gasteiger partial charge in [0.1, 0.15) is 0 Å². The zero-order valence-electron chi connectivity index (χ0n) is 5.35. The molecule has 0 amide bonds. The zero-order valence-corrected chi connectivity index (χ0v) is 7.80. The van der Waals surface area contributed by atoms with Crippen molar-refractivity contribution in [1.29, 1.82) is 0 Å². The Morgan fingerprint density at radius 3 is 2.62 bits per heavy atom. The maximum atomic E-state index is 2.23. The molecule has 0 nitrogen and oxygen atoms in total. The highest BCUT2D eigenvalue weighted by Gasteiger charge is 1.84. The highest BCUT2D eigenvalue weighted by Crippen LogP contribution is 2.32. The molecule has 0 saturated heterocycles. The minimum atomic E-state index is 1.31. The molecule has 3 heteroatoms. The number of unbranched alkanes of at least 4 members (excludes halogenated alkanes) is 1. The van der Waals surface area contributed by atoms with Gasteiger partial charge in [-0.1, -0.05) is 34.9 Å². The fourth-order valence-corrected chi connectivity index (χ4v) is 3.18. The summed E-state index contributed by atoms with van der Waals surface area (Å²) in [5.74, 6) is 1.31. The Balaban J connectivity index is 2.53. The van der Waals surface area contributed by atoms with Gasteiger partial charge < -0.3 is 0 Å². The van der Waals surface area contributed by atoms with Gasteiger partial charge in [0, 0.05) is 5.75 Å². The van der Waals surface area contributed by atoms with E-state index >= 15 is 0 Å². The Kier molecular flexibility index (Phi) is 9.11. The Bertz CT molecular complexity index is 32.7. The van der Waals surface area contributed by atoms with E-state index in [1.165, 1.54) is 18.6 Å². The molecule has 0 atom stereocenters. The Morgan fingerprint density at radius 2 is 2.12 bits per heavy atom. The van der Waals surface area contributed by atoms with E-state index < -0.39 is 0 Å². The Morgan fingerprint density at radius 1 is 1.38 bits per heavy atom. The van der Waals surface area contributed by atoms with Gasteiger partial charge in [-0.25, -0.2) is 0 Å². The third kappa shape index (κ3) is 7.05. The topological polar surface area (TPSA) is 0 Å². The molecular weight excluding hydrogens is 156 g/mol. The predicted molar refractivity (Wildman–Crippen MR) is 48.5 cm³/mol. The van der Waals surface area contributed by atoms with Crippen molar-refractivity contribution in [3.8, 4) is 0 Å². The van der Waals surface area contributed by atoms with Crippen LogP contribution in [0.1, 0.15) is 19.8 Å². The quantitative estimate of drug-likeness (QED) is 0.456. The van der Waals surface area contributed by atoms with Crippen molar-refractivity contribution in [2.75, 3.05) is 12.0 Å². The SMILES string of the molecule is CCCCSSSC. The predicted octanol–water partition coefficient (Wildman–Crippen LogP) is 3.45. The van der Waals surface area contributed by atoms with E-state index in [1.807, 2.05) is 31.4 Å². The van der Waals surface area contributed by atoms with E-state index in [2.05, 4.69) is 13.2 Å². The van der Waals surface area contributed by atoms with Crippen LogP contribution in [0, 0.1) is 0 Å². The molecule has 0 unspecified atom stereocenters. The molecule has 50 valence electrons. The third-order valence-electron chi connectivity index (χ3n) is 0.697. The highest BCUT2D eigenvalue weighted by atomic mass is 33.5. The first-order valence-electron chi connectivity index (χ1n) is 2.74. The van der Waals surface area contributed by atoms with E-state index in [0.29, 0.717) is 0 Å². The number of hydrogen-bond acceptors (Lipinski definition) is 3. The fourth-order valence-electron chi connectivity index (χ4n) is 0.285. The lowest BCUT2D eigenvalue weighted by Gasteiger charge is -1.92. The van der Waals surface area contributed by atoms with Crippen LogP contribution in [-0.2, 0) is 0 Å². The Hall–Kier alpha value is 1.05. The average Bonchev–Trinajstić information content (AvgIpc) is 1.81. The van der Waals surface area contributed by atoms with Crippen LogP contribution >= 0.6 is 31.4 Å². The van der Waals surface area contributed by atoms with Crippen molar-refractivity contribution in [2.24, 2.45) is 0 Å². The van der Waals surface area contributed by atoms with Gasteiger partial charge in [-0.3, -0.25) is 0 Å². The standard InChI is InChI=1S/C5H12S3/c1-3-4-5-7-8-6-2/h3-5H2,1-2H3. The summed E-state index contributed by atoms with van der Waals surface area (Å²) in [5, 5.41) is 0. The summed E-state index contributed by atoms with van der Waals surface area (Å²) in [6.45, 7) is 2.23. The minimum absolute atomic E-state index is 1.31. The maximum absolute atomic E-state index is 2.23. The van der Waals surface area contributed by atoms with E-state index in [-0.39, 0.29) is 0 Å². The highest BCUT2D eigenvalue weighted by molar-refractivity contribution is 9.09. The number of hydrogen-bond donors (Lipinski definition) is 0. The van der Waals surface area contributed by atoms with Crippen molar-refractivity contribution in [1.82, 2.24) is 0 Å². The van der Waals surface area contributed by atoms with E-state index in [0.717, 1.165) is 0 Å². The van der Waals surface area contributed by atoms with Gasteiger partial charge in [0.05, 0.1) is 0 Å². The summed E-state index contributed by atoms with van der Waals surface area (Å²) in [7, 11) is 5.67. The van der Waals surface area contributed by atoms with Crippen LogP contribution in [0.15, 0.2) is 0 Å². The van der Waals surface area contributed by atoms with E-state index in [1.54, 1.807) is 0 Å². The molecule has 0 aromatic heterocycles. The summed E-state index contributed by atoms with van der Waals surface area (Å²) in [5.41, 5.74) is 0. The lowest BCUT2D eigenvalue weighted by molar-refractivity contribution is 0.898. The molecule has 0 spiro atoms. The smallest absolute Gasteiger partial charge is 0.00450 e. The summed E-state index contributed by atoms with van der Waals surface area (Å²) in [6.07, 6.45) is 4.80. The monoisotopic (exact) mass is 168 g/mol. The number of rotatable bonds is 5. The van der Waals surface area contributed by atoms with Crippen LogP contribution in [0.2, 0.25) is 0 Å². The fraction of sp³-hybridized carbons (Fsp3) is 1.00. The normalized spacial score (nSPS) is 9.75. The van der Waals surface area contributed by atoms with Crippen LogP contribution in [0.5, 0.6) is 0 Å². The van der Waals surface area contributed by atoms with Crippen molar-refractivity contribution in [2.45, 2.75) is 19.8 Å². The molecule has 0 aliphatic heterocycles. The van der Waals surface area contributed by atoms with Gasteiger partial charge >= 0.3 is 0 Å². The second kappa shape index (κ2) is 8.05.